The van der Waals surface area contributed by atoms with E-state index in [4.69, 9.17) is 5.11 Å². The molecule has 0 unspecified atom stereocenters. The highest BCUT2D eigenvalue weighted by Crippen LogP contribution is 1.70. The maximum absolute atomic E-state index is 9.75. The van der Waals surface area contributed by atoms with Crippen molar-refractivity contribution in [1.82, 2.24) is 0 Å². The Labute approximate surface area is 65.5 Å². The van der Waals surface area contributed by atoms with Crippen molar-refractivity contribution in [2.75, 3.05) is 0 Å². The molecule has 0 aromatic carbocycles. The third-order valence-electron chi connectivity index (χ3n) is 0.552. The molecule has 0 aliphatic carbocycles. The topological polar surface area (TPSA) is 63.6 Å². The smallest absolute Gasteiger partial charge is 0.307 e. The number of ether oxygens (including phenoxy) is 1. The van der Waals surface area contributed by atoms with Crippen LogP contribution in [0.4, 0.5) is 0 Å². The van der Waals surface area contributed by atoms with Gasteiger partial charge in [-0.05, 0) is 0 Å². The molecule has 64 valence electrons. The summed E-state index contributed by atoms with van der Waals surface area (Å²) in [5.41, 5.74) is 0. The van der Waals surface area contributed by atoms with Crippen LogP contribution in [0.15, 0.2) is 12.8 Å². The first-order chi connectivity index (χ1) is 5.04. The molecule has 1 N–H and O–H groups in total. The summed E-state index contributed by atoms with van der Waals surface area (Å²) in [5.74, 6) is -1.07. The monoisotopic (exact) mass is 160 g/mol. The van der Waals surface area contributed by atoms with Crippen molar-refractivity contribution >= 4 is 11.9 Å². The fourth-order valence-electron chi connectivity index (χ4n) is 0.117. The lowest BCUT2D eigenvalue weighted by Gasteiger charge is -1.83. The van der Waals surface area contributed by atoms with Crippen molar-refractivity contribution in [2.45, 2.75) is 20.3 Å². The molecule has 0 heterocycles. The zero-order valence-electron chi connectivity index (χ0n) is 6.66. The van der Waals surface area contributed by atoms with Gasteiger partial charge in [0.05, 0.1) is 6.26 Å². The van der Waals surface area contributed by atoms with E-state index in [1.165, 1.54) is 6.92 Å². The Morgan fingerprint density at radius 1 is 1.64 bits per heavy atom. The quantitative estimate of drug-likeness (QED) is 0.486. The lowest BCUT2D eigenvalue weighted by atomic mass is 10.5. The summed E-state index contributed by atoms with van der Waals surface area (Å²) in [6.07, 6.45) is 1.32. The van der Waals surface area contributed by atoms with Gasteiger partial charge in [0.1, 0.15) is 0 Å². The number of hydrogen-bond acceptors (Lipinski definition) is 3. The van der Waals surface area contributed by atoms with Crippen LogP contribution in [0.2, 0.25) is 0 Å². The lowest BCUT2D eigenvalue weighted by molar-refractivity contribution is -0.137. The van der Waals surface area contributed by atoms with Crippen molar-refractivity contribution in [3.63, 3.8) is 0 Å². The van der Waals surface area contributed by atoms with Gasteiger partial charge in [0.25, 0.3) is 0 Å². The number of carbonyl (C=O) groups is 2. The summed E-state index contributed by atoms with van der Waals surface area (Å²) in [4.78, 5) is 19.1. The molecule has 0 saturated heterocycles. The van der Waals surface area contributed by atoms with Crippen LogP contribution >= 0.6 is 0 Å². The van der Waals surface area contributed by atoms with Crippen molar-refractivity contribution in [3.05, 3.63) is 12.8 Å². The van der Waals surface area contributed by atoms with E-state index in [2.05, 4.69) is 11.3 Å². The number of carboxylic acids is 1. The van der Waals surface area contributed by atoms with E-state index < -0.39 is 5.97 Å². The summed E-state index contributed by atoms with van der Waals surface area (Å²) in [6, 6.07) is 0. The Kier molecular flexibility index (Phi) is 9.76. The molecule has 0 saturated carbocycles. The number of hydrogen-bond donors (Lipinski definition) is 1. The van der Waals surface area contributed by atoms with Crippen molar-refractivity contribution in [1.29, 1.82) is 0 Å². The van der Waals surface area contributed by atoms with Gasteiger partial charge in [-0.3, -0.25) is 9.59 Å². The van der Waals surface area contributed by atoms with Crippen molar-refractivity contribution in [3.8, 4) is 0 Å². The molecule has 0 amide bonds. The van der Waals surface area contributed by atoms with Gasteiger partial charge >= 0.3 is 11.9 Å². The van der Waals surface area contributed by atoms with Gasteiger partial charge in [0.2, 0.25) is 0 Å². The molecule has 0 aromatic heterocycles. The Bertz CT molecular complexity index is 139. The molecule has 4 nitrogen and oxygen atoms in total. The zero-order valence-corrected chi connectivity index (χ0v) is 6.66. The molecule has 0 bridgehead atoms. The molecular formula is C7H12O4. The third kappa shape index (κ3) is 28.6. The lowest BCUT2D eigenvalue weighted by Crippen LogP contribution is -1.87. The second-order valence-corrected chi connectivity index (χ2v) is 1.52. The first kappa shape index (κ1) is 12.4. The molecule has 4 heteroatoms. The van der Waals surface area contributed by atoms with Crippen LogP contribution in [0.3, 0.4) is 0 Å². The van der Waals surface area contributed by atoms with Crippen molar-refractivity contribution in [2.24, 2.45) is 0 Å². The van der Waals surface area contributed by atoms with Crippen LogP contribution in [-0.4, -0.2) is 17.0 Å². The molecule has 0 aromatic rings. The van der Waals surface area contributed by atoms with Gasteiger partial charge in [-0.15, -0.1) is 0 Å². The molecule has 0 spiro atoms. The minimum Gasteiger partial charge on any atom is -0.481 e. The largest absolute Gasteiger partial charge is 0.481 e. The highest BCUT2D eigenvalue weighted by Gasteiger charge is 1.80. The first-order valence-corrected chi connectivity index (χ1v) is 3.04. The Hall–Kier alpha value is -1.32. The van der Waals surface area contributed by atoms with Crippen LogP contribution < -0.4 is 0 Å². The number of carboxylic acid groups (broad SMARTS) is 1. The van der Waals surface area contributed by atoms with Gasteiger partial charge in [0.15, 0.2) is 0 Å². The summed E-state index contributed by atoms with van der Waals surface area (Å²) in [7, 11) is 0. The fraction of sp³-hybridized carbons (Fsp3) is 0.429. The predicted octanol–water partition coefficient (Wildman–Crippen LogP) is 1.17. The average molecular weight is 160 g/mol. The fourth-order valence-corrected chi connectivity index (χ4v) is 0.117. The van der Waals surface area contributed by atoms with E-state index in [1.54, 1.807) is 6.92 Å². The summed E-state index contributed by atoms with van der Waals surface area (Å²) in [5, 5.41) is 7.72. The summed E-state index contributed by atoms with van der Waals surface area (Å²) >= 11 is 0. The minimum absolute atomic E-state index is 0.222. The van der Waals surface area contributed by atoms with E-state index in [9.17, 15) is 9.59 Å². The van der Waals surface area contributed by atoms with Crippen molar-refractivity contribution < 1.29 is 19.4 Å². The molecule has 0 aliphatic heterocycles. The van der Waals surface area contributed by atoms with Crippen LogP contribution in [0.1, 0.15) is 20.3 Å². The van der Waals surface area contributed by atoms with Crippen LogP contribution in [-0.2, 0) is 14.3 Å². The molecule has 11 heavy (non-hydrogen) atoms. The first-order valence-electron chi connectivity index (χ1n) is 3.04. The molecule has 0 fully saturated rings. The van der Waals surface area contributed by atoms with E-state index in [1.807, 2.05) is 0 Å². The Morgan fingerprint density at radius 3 is 2.00 bits per heavy atom. The van der Waals surface area contributed by atoms with Crippen LogP contribution in [0.5, 0.6) is 0 Å². The number of esters is 1. The average Bonchev–Trinajstić information content (AvgIpc) is 1.89. The minimum atomic E-state index is -0.745. The number of aliphatic carboxylic acids is 1. The van der Waals surface area contributed by atoms with Gasteiger partial charge in [0, 0.05) is 13.3 Å². The van der Waals surface area contributed by atoms with Gasteiger partial charge in [-0.25, -0.2) is 0 Å². The van der Waals surface area contributed by atoms with Gasteiger partial charge in [-0.2, -0.15) is 0 Å². The highest BCUT2D eigenvalue weighted by molar-refractivity contribution is 5.66. The predicted molar refractivity (Wildman–Crippen MR) is 39.9 cm³/mol. The van der Waals surface area contributed by atoms with E-state index in [-0.39, 0.29) is 12.4 Å². The van der Waals surface area contributed by atoms with E-state index in [0.717, 1.165) is 6.26 Å². The normalized spacial score (nSPS) is 7.09. The zero-order chi connectivity index (χ0) is 9.28. The number of carbonyl (C=O) groups excluding carboxylic acids is 1. The molecule has 0 radical (unpaired) electrons. The van der Waals surface area contributed by atoms with Crippen LogP contribution in [0, 0.1) is 0 Å². The third-order valence-corrected chi connectivity index (χ3v) is 0.552. The summed E-state index contributed by atoms with van der Waals surface area (Å²) < 4.78 is 4.17. The standard InChI is InChI=1S/C4H6O2.C3H6O2/c1-3-6-4(2)5;1-2-3(4)5/h3H,1H2,2H3;2H2,1H3,(H,4,5). The molecular weight excluding hydrogens is 148 g/mol. The number of rotatable bonds is 2. The van der Waals surface area contributed by atoms with E-state index in [0.29, 0.717) is 0 Å². The maximum atomic E-state index is 9.75. The SMILES string of the molecule is C=COC(C)=O.CCC(=O)O. The Morgan fingerprint density at radius 2 is 2.00 bits per heavy atom. The van der Waals surface area contributed by atoms with Gasteiger partial charge in [-0.1, -0.05) is 13.5 Å². The second-order valence-electron chi connectivity index (χ2n) is 1.52. The molecule has 0 atom stereocenters. The maximum Gasteiger partial charge on any atom is 0.307 e. The van der Waals surface area contributed by atoms with Crippen LogP contribution in [0.25, 0.3) is 0 Å². The molecule has 0 rings (SSSR count). The molecule has 0 aliphatic rings. The second kappa shape index (κ2) is 8.68. The highest BCUT2D eigenvalue weighted by atomic mass is 16.5. The summed E-state index contributed by atoms with van der Waals surface area (Å²) in [6.45, 7) is 6.08. The van der Waals surface area contributed by atoms with Gasteiger partial charge < -0.3 is 9.84 Å². The van der Waals surface area contributed by atoms with E-state index >= 15 is 0 Å². The Balaban J connectivity index is 0.